The van der Waals surface area contributed by atoms with Gasteiger partial charge in [-0.1, -0.05) is 6.92 Å². The third kappa shape index (κ3) is 2.16. The fourth-order valence-corrected chi connectivity index (χ4v) is 4.22. The van der Waals surface area contributed by atoms with Crippen molar-refractivity contribution >= 4 is 15.9 Å². The van der Waals surface area contributed by atoms with Gasteiger partial charge in [-0.2, -0.15) is 5.10 Å². The topological polar surface area (TPSA) is 53.1 Å². The monoisotopic (exact) mass is 327 g/mol. The van der Waals surface area contributed by atoms with E-state index in [-0.39, 0.29) is 11.6 Å². The van der Waals surface area contributed by atoms with Gasteiger partial charge in [-0.25, -0.2) is 0 Å². The Bertz CT molecular complexity index is 487. The molecule has 2 saturated heterocycles. The zero-order valence-corrected chi connectivity index (χ0v) is 13.2. The first kappa shape index (κ1) is 13.6. The highest BCUT2D eigenvalue weighted by Gasteiger charge is 2.50. The zero-order chi connectivity index (χ0) is 13.6. The summed E-state index contributed by atoms with van der Waals surface area (Å²) in [5.74, 6) is 0. The lowest BCUT2D eigenvalue weighted by Crippen LogP contribution is -2.50. The molecule has 0 aliphatic carbocycles. The molecule has 2 fully saturated rings. The molecular weight excluding hydrogens is 306 g/mol. The number of aromatic nitrogens is 2. The minimum Gasteiger partial charge on any atom is -0.373 e. The molecule has 4 nitrogen and oxygen atoms in total. The lowest BCUT2D eigenvalue weighted by Gasteiger charge is -2.31. The van der Waals surface area contributed by atoms with Gasteiger partial charge in [0.15, 0.2) is 0 Å². The first-order chi connectivity index (χ1) is 9.07. The Balaban J connectivity index is 1.89. The molecule has 106 valence electrons. The van der Waals surface area contributed by atoms with Crippen LogP contribution in [0.4, 0.5) is 0 Å². The Hall–Kier alpha value is -0.390. The number of halogens is 1. The molecule has 19 heavy (non-hydrogen) atoms. The highest BCUT2D eigenvalue weighted by atomic mass is 79.9. The number of rotatable bonds is 4. The molecule has 3 rings (SSSR count). The molecular formula is C14H22BrN3O. The molecule has 0 aromatic carbocycles. The van der Waals surface area contributed by atoms with Gasteiger partial charge in [0, 0.05) is 13.0 Å². The highest BCUT2D eigenvalue weighted by molar-refractivity contribution is 9.10. The van der Waals surface area contributed by atoms with Crippen LogP contribution in [0.25, 0.3) is 0 Å². The third-order valence-corrected chi connectivity index (χ3v) is 5.46. The lowest BCUT2D eigenvalue weighted by atomic mass is 9.79. The van der Waals surface area contributed by atoms with Gasteiger partial charge in [-0.3, -0.25) is 4.68 Å². The smallest absolute Gasteiger partial charge is 0.0766 e. The molecule has 0 saturated carbocycles. The van der Waals surface area contributed by atoms with Gasteiger partial charge in [-0.15, -0.1) is 0 Å². The standard InChI is InChI=1S/C14H22BrN3O/c1-3-10-13(15)11(18(4-2)17-10)8-14(16)7-9-5-6-12(14)19-9/h9,12H,3-8,16H2,1-2H3. The van der Waals surface area contributed by atoms with E-state index in [4.69, 9.17) is 10.5 Å². The largest absolute Gasteiger partial charge is 0.373 e. The minimum atomic E-state index is -0.205. The second-order valence-corrected chi connectivity index (χ2v) is 6.61. The summed E-state index contributed by atoms with van der Waals surface area (Å²) in [6, 6.07) is 0. The predicted octanol–water partition coefficient (Wildman–Crippen LogP) is 2.42. The minimum absolute atomic E-state index is 0.205. The van der Waals surface area contributed by atoms with Gasteiger partial charge >= 0.3 is 0 Å². The van der Waals surface area contributed by atoms with Crippen LogP contribution < -0.4 is 5.73 Å². The number of hydrogen-bond donors (Lipinski definition) is 1. The highest BCUT2D eigenvalue weighted by Crippen LogP contribution is 2.42. The van der Waals surface area contributed by atoms with Gasteiger partial charge in [-0.05, 0) is 48.5 Å². The molecule has 0 amide bonds. The van der Waals surface area contributed by atoms with Crippen molar-refractivity contribution in [3.63, 3.8) is 0 Å². The van der Waals surface area contributed by atoms with Crippen LogP contribution in [0.5, 0.6) is 0 Å². The van der Waals surface area contributed by atoms with Crippen LogP contribution in [0, 0.1) is 0 Å². The van der Waals surface area contributed by atoms with E-state index in [1.165, 1.54) is 12.1 Å². The Morgan fingerprint density at radius 3 is 2.79 bits per heavy atom. The SMILES string of the molecule is CCc1nn(CC)c(CC2(N)CC3CCC2O3)c1Br. The van der Waals surface area contributed by atoms with E-state index in [0.29, 0.717) is 6.10 Å². The van der Waals surface area contributed by atoms with E-state index >= 15 is 0 Å². The number of aryl methyl sites for hydroxylation is 2. The van der Waals surface area contributed by atoms with Gasteiger partial charge < -0.3 is 10.5 Å². The summed E-state index contributed by atoms with van der Waals surface area (Å²) in [5, 5.41) is 4.66. The first-order valence-electron chi connectivity index (χ1n) is 7.25. The average Bonchev–Trinajstić information content (AvgIpc) is 3.04. The molecule has 0 radical (unpaired) electrons. The summed E-state index contributed by atoms with van der Waals surface area (Å²) in [5.41, 5.74) is 8.79. The summed E-state index contributed by atoms with van der Waals surface area (Å²) in [4.78, 5) is 0. The Morgan fingerprint density at radius 2 is 2.26 bits per heavy atom. The molecule has 2 aliphatic rings. The number of hydrogen-bond acceptors (Lipinski definition) is 3. The number of nitrogens with zero attached hydrogens (tertiary/aromatic N) is 2. The molecule has 2 bridgehead atoms. The summed E-state index contributed by atoms with van der Waals surface area (Å²) in [6.07, 6.45) is 5.70. The Labute approximate surface area is 122 Å². The molecule has 0 spiro atoms. The number of ether oxygens (including phenoxy) is 1. The summed E-state index contributed by atoms with van der Waals surface area (Å²) in [6.45, 7) is 5.15. The zero-order valence-electron chi connectivity index (χ0n) is 11.7. The van der Waals surface area contributed by atoms with Gasteiger partial charge in [0.05, 0.1) is 33.6 Å². The van der Waals surface area contributed by atoms with Gasteiger partial charge in [0.2, 0.25) is 0 Å². The predicted molar refractivity (Wildman–Crippen MR) is 78.1 cm³/mol. The molecule has 1 aromatic rings. The van der Waals surface area contributed by atoms with Crippen molar-refractivity contribution in [2.75, 3.05) is 0 Å². The van der Waals surface area contributed by atoms with Crippen LogP contribution in [0.15, 0.2) is 4.47 Å². The maximum atomic E-state index is 6.63. The van der Waals surface area contributed by atoms with Crippen LogP contribution in [0.2, 0.25) is 0 Å². The number of nitrogens with two attached hydrogens (primary N) is 1. The van der Waals surface area contributed by atoms with Crippen LogP contribution in [-0.4, -0.2) is 27.5 Å². The third-order valence-electron chi connectivity index (χ3n) is 4.55. The summed E-state index contributed by atoms with van der Waals surface area (Å²) < 4.78 is 9.17. The van der Waals surface area contributed by atoms with Crippen molar-refractivity contribution < 1.29 is 4.74 Å². The van der Waals surface area contributed by atoms with Gasteiger partial charge in [0.25, 0.3) is 0 Å². The second-order valence-electron chi connectivity index (χ2n) is 5.81. The normalized spacial score (nSPS) is 33.3. The van der Waals surface area contributed by atoms with Crippen LogP contribution in [0.3, 0.4) is 0 Å². The van der Waals surface area contributed by atoms with Crippen molar-refractivity contribution in [1.29, 1.82) is 0 Å². The number of fused-ring (bicyclic) bond motifs is 2. The summed E-state index contributed by atoms with van der Waals surface area (Å²) >= 11 is 3.71. The van der Waals surface area contributed by atoms with E-state index in [1.54, 1.807) is 0 Å². The molecule has 3 unspecified atom stereocenters. The Morgan fingerprint density at radius 1 is 1.47 bits per heavy atom. The fourth-order valence-electron chi connectivity index (χ4n) is 3.52. The van der Waals surface area contributed by atoms with Crippen LogP contribution in [0.1, 0.15) is 44.5 Å². The van der Waals surface area contributed by atoms with Crippen molar-refractivity contribution in [2.24, 2.45) is 5.73 Å². The maximum Gasteiger partial charge on any atom is 0.0766 e. The van der Waals surface area contributed by atoms with Crippen molar-refractivity contribution in [3.05, 3.63) is 15.9 Å². The van der Waals surface area contributed by atoms with Crippen LogP contribution in [-0.2, 0) is 24.1 Å². The maximum absolute atomic E-state index is 6.63. The first-order valence-corrected chi connectivity index (χ1v) is 8.05. The molecule has 3 heterocycles. The van der Waals surface area contributed by atoms with E-state index in [1.807, 2.05) is 0 Å². The molecule has 2 N–H and O–H groups in total. The fraction of sp³-hybridized carbons (Fsp3) is 0.786. The molecule has 1 aromatic heterocycles. The molecule has 3 atom stereocenters. The summed E-state index contributed by atoms with van der Waals surface area (Å²) in [7, 11) is 0. The van der Waals surface area contributed by atoms with E-state index in [2.05, 4.69) is 39.6 Å². The van der Waals surface area contributed by atoms with Gasteiger partial charge in [0.1, 0.15) is 0 Å². The van der Waals surface area contributed by atoms with E-state index < -0.39 is 0 Å². The lowest BCUT2D eigenvalue weighted by molar-refractivity contribution is 0.0852. The van der Waals surface area contributed by atoms with E-state index in [0.717, 1.165) is 42.4 Å². The van der Waals surface area contributed by atoms with Crippen molar-refractivity contribution in [2.45, 2.75) is 70.2 Å². The molecule has 2 aliphatic heterocycles. The second kappa shape index (κ2) is 4.86. The van der Waals surface area contributed by atoms with E-state index in [9.17, 15) is 0 Å². The average molecular weight is 328 g/mol. The molecule has 5 heteroatoms. The Kier molecular flexibility index (Phi) is 3.48. The van der Waals surface area contributed by atoms with Crippen molar-refractivity contribution in [3.8, 4) is 0 Å². The van der Waals surface area contributed by atoms with Crippen molar-refractivity contribution in [1.82, 2.24) is 9.78 Å². The quantitative estimate of drug-likeness (QED) is 0.923. The van der Waals surface area contributed by atoms with Crippen LogP contribution >= 0.6 is 15.9 Å².